The molecule has 0 heterocycles. The second-order valence-corrected chi connectivity index (χ2v) is 6.65. The van der Waals surface area contributed by atoms with Gasteiger partial charge in [-0.25, -0.2) is 0 Å². The van der Waals surface area contributed by atoms with E-state index in [2.05, 4.69) is 26.2 Å². The Morgan fingerprint density at radius 3 is 2.48 bits per heavy atom. The summed E-state index contributed by atoms with van der Waals surface area (Å²) in [6, 6.07) is 4.04. The molecule has 21 heavy (non-hydrogen) atoms. The molecule has 0 aliphatic rings. The number of benzene rings is 1. The van der Waals surface area contributed by atoms with Gasteiger partial charge in [-0.05, 0) is 66.6 Å². The highest BCUT2D eigenvalue weighted by Crippen LogP contribution is 2.40. The highest BCUT2D eigenvalue weighted by molar-refractivity contribution is 8.03. The Bertz CT molecular complexity index is 496. The van der Waals surface area contributed by atoms with Crippen molar-refractivity contribution in [3.05, 3.63) is 28.3 Å². The van der Waals surface area contributed by atoms with Gasteiger partial charge in [0.2, 0.25) is 0 Å². The molecule has 0 amide bonds. The summed E-state index contributed by atoms with van der Waals surface area (Å²) in [7, 11) is 0. The fourth-order valence-electron chi connectivity index (χ4n) is 2.51. The molecule has 116 valence electrons. The van der Waals surface area contributed by atoms with E-state index in [1.54, 1.807) is 0 Å². The van der Waals surface area contributed by atoms with Gasteiger partial charge >= 0.3 is 0 Å². The van der Waals surface area contributed by atoms with Crippen LogP contribution in [-0.2, 0) is 0 Å². The van der Waals surface area contributed by atoms with Crippen LogP contribution < -0.4 is 4.74 Å². The summed E-state index contributed by atoms with van der Waals surface area (Å²) >= 11 is 7.63. The molecule has 0 aromatic heterocycles. The van der Waals surface area contributed by atoms with E-state index in [1.807, 2.05) is 19.1 Å². The Labute approximate surface area is 137 Å². The number of nitriles is 1. The summed E-state index contributed by atoms with van der Waals surface area (Å²) in [5.41, 5.74) is 2.36. The van der Waals surface area contributed by atoms with Crippen LogP contribution in [0.3, 0.4) is 0 Å². The Kier molecular flexibility index (Phi) is 8.00. The average molecular weight is 326 g/mol. The first-order valence-corrected chi connectivity index (χ1v) is 8.88. The van der Waals surface area contributed by atoms with Gasteiger partial charge in [0.05, 0.1) is 6.61 Å². The van der Waals surface area contributed by atoms with E-state index in [9.17, 15) is 0 Å². The van der Waals surface area contributed by atoms with Gasteiger partial charge in [-0.1, -0.05) is 32.4 Å². The van der Waals surface area contributed by atoms with Crippen LogP contribution in [0.5, 0.6) is 5.75 Å². The van der Waals surface area contributed by atoms with E-state index >= 15 is 0 Å². The summed E-state index contributed by atoms with van der Waals surface area (Å²) in [5.74, 6) is 2.58. The third kappa shape index (κ3) is 5.13. The largest absolute Gasteiger partial charge is 0.493 e. The highest BCUT2D eigenvalue weighted by atomic mass is 35.5. The van der Waals surface area contributed by atoms with Gasteiger partial charge in [0.1, 0.15) is 11.2 Å². The van der Waals surface area contributed by atoms with E-state index in [1.165, 1.54) is 22.9 Å². The molecule has 0 bridgehead atoms. The Balaban J connectivity index is 3.20. The molecule has 0 N–H and O–H groups in total. The second kappa shape index (κ2) is 9.23. The van der Waals surface area contributed by atoms with Crippen molar-refractivity contribution in [1.29, 1.82) is 5.26 Å². The molecule has 0 saturated heterocycles. The van der Waals surface area contributed by atoms with E-state index in [0.29, 0.717) is 18.4 Å². The molecule has 2 nitrogen and oxygen atoms in total. The number of thioether (sulfide) groups is 1. The molecule has 0 saturated carbocycles. The minimum absolute atomic E-state index is 0.370. The van der Waals surface area contributed by atoms with Gasteiger partial charge in [0.15, 0.2) is 0 Å². The molecule has 0 spiro atoms. The Morgan fingerprint density at radius 2 is 1.95 bits per heavy atom. The van der Waals surface area contributed by atoms with Crippen LogP contribution in [0.4, 0.5) is 0 Å². The van der Waals surface area contributed by atoms with Crippen LogP contribution in [0.25, 0.3) is 0 Å². The van der Waals surface area contributed by atoms with Crippen LogP contribution in [0, 0.1) is 10.7 Å². The van der Waals surface area contributed by atoms with E-state index in [-0.39, 0.29) is 0 Å². The zero-order chi connectivity index (χ0) is 15.8. The fraction of sp³-hybridized carbons (Fsp3) is 0.588. The third-order valence-corrected chi connectivity index (χ3v) is 4.37. The van der Waals surface area contributed by atoms with Gasteiger partial charge in [-0.2, -0.15) is 5.26 Å². The minimum atomic E-state index is 0.370. The minimum Gasteiger partial charge on any atom is -0.493 e. The lowest BCUT2D eigenvalue weighted by molar-refractivity contribution is 0.328. The van der Waals surface area contributed by atoms with E-state index in [0.717, 1.165) is 29.4 Å². The quantitative estimate of drug-likeness (QED) is 0.436. The van der Waals surface area contributed by atoms with Crippen molar-refractivity contribution < 1.29 is 4.74 Å². The van der Waals surface area contributed by atoms with Crippen LogP contribution in [0.15, 0.2) is 12.1 Å². The normalized spacial score (nSPS) is 12.2. The smallest absolute Gasteiger partial charge is 0.133 e. The van der Waals surface area contributed by atoms with Crippen molar-refractivity contribution in [2.75, 3.05) is 12.4 Å². The molecule has 1 aromatic rings. The summed E-state index contributed by atoms with van der Waals surface area (Å²) in [5, 5.41) is 11.6. The van der Waals surface area contributed by atoms with Crippen molar-refractivity contribution in [3.8, 4) is 11.2 Å². The number of nitrogens with zero attached hydrogens (tertiary/aromatic N) is 1. The van der Waals surface area contributed by atoms with Crippen molar-refractivity contribution in [2.24, 2.45) is 0 Å². The van der Waals surface area contributed by atoms with Crippen LogP contribution in [0.2, 0.25) is 5.02 Å². The number of ether oxygens (including phenoxy) is 1. The zero-order valence-corrected chi connectivity index (χ0v) is 14.9. The predicted molar refractivity (Wildman–Crippen MR) is 92.4 cm³/mol. The lowest BCUT2D eigenvalue weighted by Gasteiger charge is -2.23. The lowest BCUT2D eigenvalue weighted by Crippen LogP contribution is -2.07. The number of halogens is 1. The van der Waals surface area contributed by atoms with Gasteiger partial charge in [0, 0.05) is 10.8 Å². The fourth-order valence-corrected chi connectivity index (χ4v) is 3.23. The molecule has 1 unspecified atom stereocenters. The SMILES string of the molecule is CCOc1c(C(C)C)cc(Cl)cc1C(CC)CCSC#N. The van der Waals surface area contributed by atoms with Crippen molar-refractivity contribution in [3.63, 3.8) is 0 Å². The second-order valence-electron chi connectivity index (χ2n) is 5.33. The monoisotopic (exact) mass is 325 g/mol. The molecule has 1 atom stereocenters. The first-order chi connectivity index (χ1) is 10.0. The maximum atomic E-state index is 8.69. The third-order valence-electron chi connectivity index (χ3n) is 3.59. The average Bonchev–Trinajstić information content (AvgIpc) is 2.45. The number of rotatable bonds is 8. The molecule has 0 aliphatic carbocycles. The summed E-state index contributed by atoms with van der Waals surface area (Å²) < 4.78 is 5.94. The predicted octanol–water partition coefficient (Wildman–Crippen LogP) is 5.96. The molecule has 0 radical (unpaired) electrons. The lowest BCUT2D eigenvalue weighted by atomic mass is 9.89. The Hall–Kier alpha value is -0.850. The first-order valence-electron chi connectivity index (χ1n) is 7.52. The summed E-state index contributed by atoms with van der Waals surface area (Å²) in [4.78, 5) is 0. The molecular formula is C17H24ClNOS. The number of hydrogen-bond acceptors (Lipinski definition) is 3. The number of hydrogen-bond donors (Lipinski definition) is 0. The van der Waals surface area contributed by atoms with Crippen LogP contribution in [0.1, 0.15) is 63.5 Å². The van der Waals surface area contributed by atoms with E-state index < -0.39 is 0 Å². The molecule has 1 aromatic carbocycles. The maximum Gasteiger partial charge on any atom is 0.133 e. The first kappa shape index (κ1) is 18.2. The maximum absolute atomic E-state index is 8.69. The van der Waals surface area contributed by atoms with E-state index in [4.69, 9.17) is 21.6 Å². The van der Waals surface area contributed by atoms with Crippen LogP contribution in [-0.4, -0.2) is 12.4 Å². The van der Waals surface area contributed by atoms with Gasteiger partial charge < -0.3 is 4.74 Å². The molecule has 0 fully saturated rings. The molecule has 4 heteroatoms. The van der Waals surface area contributed by atoms with Crippen molar-refractivity contribution in [2.45, 2.75) is 52.4 Å². The van der Waals surface area contributed by atoms with Gasteiger partial charge in [0.25, 0.3) is 0 Å². The summed E-state index contributed by atoms with van der Waals surface area (Å²) in [6.45, 7) is 9.15. The van der Waals surface area contributed by atoms with Crippen molar-refractivity contribution in [1.82, 2.24) is 0 Å². The standard InChI is InChI=1S/C17H24ClNOS/c1-5-13(7-8-21-11-19)16-10-14(18)9-15(12(3)4)17(16)20-6-2/h9-10,12-13H,5-8H2,1-4H3. The summed E-state index contributed by atoms with van der Waals surface area (Å²) in [6.07, 6.45) is 1.98. The Morgan fingerprint density at radius 1 is 1.29 bits per heavy atom. The zero-order valence-electron chi connectivity index (χ0n) is 13.3. The van der Waals surface area contributed by atoms with Gasteiger partial charge in [-0.3, -0.25) is 0 Å². The topological polar surface area (TPSA) is 33.0 Å². The van der Waals surface area contributed by atoms with Crippen LogP contribution >= 0.6 is 23.4 Å². The van der Waals surface area contributed by atoms with Gasteiger partial charge in [-0.15, -0.1) is 0 Å². The highest BCUT2D eigenvalue weighted by Gasteiger charge is 2.20. The molecule has 1 rings (SSSR count). The number of thiocyanates is 1. The molecular weight excluding hydrogens is 302 g/mol. The van der Waals surface area contributed by atoms with Crippen molar-refractivity contribution >= 4 is 23.4 Å². The molecule has 0 aliphatic heterocycles.